The largest absolute Gasteiger partial charge is 0.510 e. The molecule has 0 unspecified atom stereocenters. The summed E-state index contributed by atoms with van der Waals surface area (Å²) < 4.78 is 98.5. The van der Waals surface area contributed by atoms with Crippen LogP contribution in [-0.4, -0.2) is 14.1 Å². The van der Waals surface area contributed by atoms with Gasteiger partial charge < -0.3 is 13.9 Å². The molecule has 0 aliphatic rings. The molecule has 0 amide bonds. The molecule has 5 nitrogen and oxygen atoms in total. The quantitative estimate of drug-likeness (QED) is 0.118. The molecule has 0 saturated carbocycles. The van der Waals surface area contributed by atoms with Crippen LogP contribution in [0.2, 0.25) is 0 Å². The van der Waals surface area contributed by atoms with E-state index in [-0.39, 0.29) is 49.0 Å². The summed E-state index contributed by atoms with van der Waals surface area (Å²) in [7, 11) is 0. The van der Waals surface area contributed by atoms with Crippen molar-refractivity contribution < 1.29 is 44.1 Å². The van der Waals surface area contributed by atoms with Gasteiger partial charge in [0.1, 0.15) is 5.82 Å². The van der Waals surface area contributed by atoms with Crippen LogP contribution in [0.25, 0.3) is 72.3 Å². The van der Waals surface area contributed by atoms with Gasteiger partial charge in [-0.05, 0) is 70.4 Å². The Morgan fingerprint density at radius 2 is 1.30 bits per heavy atom. The van der Waals surface area contributed by atoms with Crippen molar-refractivity contribution in [3.05, 3.63) is 199 Å². The summed E-state index contributed by atoms with van der Waals surface area (Å²) in [6, 6.07) is 33.1. The molecule has 6 heteroatoms. The Morgan fingerprint density at radius 1 is 0.643 bits per heavy atom. The fourth-order valence-corrected chi connectivity index (χ4v) is 7.01. The molecule has 0 saturated heterocycles. The predicted molar refractivity (Wildman–Crippen MR) is 220 cm³/mol. The third-order valence-electron chi connectivity index (χ3n) is 9.72. The van der Waals surface area contributed by atoms with Gasteiger partial charge >= 0.3 is 0 Å². The van der Waals surface area contributed by atoms with Gasteiger partial charge in [-0.25, -0.2) is 4.98 Å². The zero-order valence-electron chi connectivity index (χ0n) is 39.9. The van der Waals surface area contributed by atoms with Gasteiger partial charge in [-0.1, -0.05) is 127 Å². The molecule has 10 rings (SSSR count). The summed E-state index contributed by atoms with van der Waals surface area (Å²) in [5.41, 5.74) is 5.80. The molecule has 3 aromatic heterocycles. The van der Waals surface area contributed by atoms with Crippen molar-refractivity contribution in [3.8, 4) is 50.9 Å². The van der Waals surface area contributed by atoms with E-state index in [9.17, 15) is 0 Å². The van der Waals surface area contributed by atoms with Crippen LogP contribution in [0.1, 0.15) is 24.8 Å². The number of imidazole rings is 1. The first-order valence-electron chi connectivity index (χ1n) is 22.6. The van der Waals surface area contributed by atoms with E-state index in [1.807, 2.05) is 55.6 Å². The fourth-order valence-electron chi connectivity index (χ4n) is 7.01. The Kier molecular flexibility index (Phi) is 6.65. The number of aromatic nitrogens is 4. The number of fused-ring (bicyclic) bond motifs is 4. The Labute approximate surface area is 354 Å². The van der Waals surface area contributed by atoms with Crippen LogP contribution in [0.5, 0.6) is 11.5 Å². The average Bonchev–Trinajstić information content (AvgIpc) is 3.86. The molecule has 0 fully saturated rings. The molecule has 0 bridgehead atoms. The van der Waals surface area contributed by atoms with Crippen molar-refractivity contribution in [2.45, 2.75) is 13.8 Å². The van der Waals surface area contributed by atoms with Crippen LogP contribution in [0.3, 0.4) is 0 Å². The summed E-state index contributed by atoms with van der Waals surface area (Å²) in [5, 5.41) is 2.03. The third-order valence-corrected chi connectivity index (χ3v) is 9.72. The summed E-state index contributed by atoms with van der Waals surface area (Å²) in [4.78, 5) is 4.78. The topological polar surface area (TPSA) is 35.9 Å². The molecular formula is C50H34N4OPt-2. The second-order valence-electron chi connectivity index (χ2n) is 13.0. The van der Waals surface area contributed by atoms with Gasteiger partial charge in [-0.3, -0.25) is 4.57 Å². The van der Waals surface area contributed by atoms with Crippen molar-refractivity contribution in [1.82, 2.24) is 14.1 Å². The Balaban J connectivity index is 0.00000548. The Morgan fingerprint density at radius 3 is 2.04 bits per heavy atom. The van der Waals surface area contributed by atoms with Crippen LogP contribution in [0.4, 0.5) is 0 Å². The van der Waals surface area contributed by atoms with Gasteiger partial charge in [0, 0.05) is 44.3 Å². The molecule has 10 aromatic rings. The SMILES string of the molecule is [2H]c1c([2H])c([2H])c(-c2cccc(-c3c([2H])c([2H])c([2H])c([2H])c3[2H])c2-[n+]2[c-]n(-c3[c-]c(Oc4[c-]c5c(cc4)c4ccccc4n5-c4cc(C)c(C)cn4)ccc3)c3ccccc32)c([2H])c1[2H].[Pt]. The minimum absolute atomic E-state index is 0. The maximum atomic E-state index is 8.97. The smallest absolute Gasteiger partial charge is 0.268 e. The van der Waals surface area contributed by atoms with Crippen LogP contribution >= 0.6 is 0 Å². The molecule has 0 aliphatic heterocycles. The normalized spacial score (nSPS) is 13.8. The van der Waals surface area contributed by atoms with Crippen molar-refractivity contribution in [1.29, 1.82) is 0 Å². The molecule has 0 radical (unpaired) electrons. The Hall–Kier alpha value is -6.55. The number of benzene rings is 7. The van der Waals surface area contributed by atoms with E-state index in [0.29, 0.717) is 28.2 Å². The zero-order chi connectivity index (χ0) is 45.6. The second-order valence-corrected chi connectivity index (χ2v) is 13.0. The van der Waals surface area contributed by atoms with E-state index in [2.05, 4.69) is 48.1 Å². The van der Waals surface area contributed by atoms with Gasteiger partial charge in [0.15, 0.2) is 0 Å². The number of ether oxygens (including phenoxy) is 1. The molecule has 3 heterocycles. The van der Waals surface area contributed by atoms with E-state index in [4.69, 9.17) is 23.4 Å². The van der Waals surface area contributed by atoms with Gasteiger partial charge in [-0.15, -0.1) is 29.7 Å². The Bertz CT molecular complexity index is 3500. The first-order valence-corrected chi connectivity index (χ1v) is 17.6. The molecule has 56 heavy (non-hydrogen) atoms. The zero-order valence-corrected chi connectivity index (χ0v) is 32.2. The number of hydrogen-bond donors (Lipinski definition) is 0. The van der Waals surface area contributed by atoms with Crippen LogP contribution < -0.4 is 9.30 Å². The summed E-state index contributed by atoms with van der Waals surface area (Å²) in [6.07, 6.45) is 5.25. The van der Waals surface area contributed by atoms with E-state index in [0.717, 1.165) is 38.8 Å². The molecule has 272 valence electrons. The number of aryl methyl sites for hydroxylation is 2. The number of rotatable bonds is 7. The second kappa shape index (κ2) is 14.6. The van der Waals surface area contributed by atoms with E-state index < -0.39 is 60.4 Å². The molecule has 0 aliphatic carbocycles. The van der Waals surface area contributed by atoms with Gasteiger partial charge in [0.05, 0.1) is 30.4 Å². The molecule has 0 N–H and O–H groups in total. The fraction of sp³-hybridized carbons (Fsp3) is 0.0400. The number of pyridine rings is 1. The van der Waals surface area contributed by atoms with Crippen LogP contribution in [0.15, 0.2) is 170 Å². The van der Waals surface area contributed by atoms with E-state index in [1.54, 1.807) is 51.6 Å². The first-order chi connectivity index (χ1) is 31.2. The van der Waals surface area contributed by atoms with Crippen LogP contribution in [0, 0.1) is 32.3 Å². The van der Waals surface area contributed by atoms with Gasteiger partial charge in [-0.2, -0.15) is 18.2 Å². The predicted octanol–water partition coefficient (Wildman–Crippen LogP) is 11.5. The van der Waals surface area contributed by atoms with E-state index >= 15 is 0 Å². The summed E-state index contributed by atoms with van der Waals surface area (Å²) in [5.74, 6) is 1.56. The minimum atomic E-state index is -0.571. The average molecular weight is 912 g/mol. The van der Waals surface area contributed by atoms with Crippen molar-refractivity contribution in [2.75, 3.05) is 0 Å². The molecular weight excluding hydrogens is 868 g/mol. The molecule has 7 aromatic carbocycles. The van der Waals surface area contributed by atoms with E-state index in [1.165, 1.54) is 0 Å². The number of hydrogen-bond acceptors (Lipinski definition) is 2. The summed E-state index contributed by atoms with van der Waals surface area (Å²) in [6.45, 7) is 4.08. The van der Waals surface area contributed by atoms with Crippen molar-refractivity contribution >= 4 is 32.8 Å². The van der Waals surface area contributed by atoms with Gasteiger partial charge in [0.2, 0.25) is 0 Å². The monoisotopic (exact) mass is 911 g/mol. The first kappa shape index (κ1) is 25.5. The molecule has 0 atom stereocenters. The van der Waals surface area contributed by atoms with Crippen LogP contribution in [-0.2, 0) is 21.1 Å². The van der Waals surface area contributed by atoms with Crippen molar-refractivity contribution in [3.63, 3.8) is 0 Å². The minimum Gasteiger partial charge on any atom is -0.510 e. The van der Waals surface area contributed by atoms with Crippen molar-refractivity contribution in [2.24, 2.45) is 0 Å². The maximum Gasteiger partial charge on any atom is 0.268 e. The summed E-state index contributed by atoms with van der Waals surface area (Å²) >= 11 is 0. The molecule has 0 spiro atoms. The van der Waals surface area contributed by atoms with Gasteiger partial charge in [0.25, 0.3) is 6.33 Å². The maximum absolute atomic E-state index is 8.97. The number of para-hydroxylation sites is 4. The third kappa shape index (κ3) is 6.11. The number of nitrogens with zero attached hydrogens (tertiary/aromatic N) is 4. The standard InChI is InChI=1S/C50H34N4O.Pt/c1-34-29-49(51-32-35(34)2)54-45-24-10-9-21-43(45)44-28-27-40(31-48(44)54)55-39-20-13-19-38(30-39)52-33-53(47-26-12-11-25-46(47)52)50-41(36-15-5-3-6-16-36)22-14-23-42(50)37-17-7-4-8-18-37;/h3-29,32H,1-2H3;/q-2;/i3D,4D,5D,6D,7D,8D,15D,16D,17D,18D;.